The Morgan fingerprint density at radius 1 is 1.32 bits per heavy atom. The number of nitrogens with two attached hydrogens (primary N) is 1. The number of hydrogen-bond donors (Lipinski definition) is 3. The fraction of sp³-hybridized carbons (Fsp3) is 0.0833. The zero-order valence-electron chi connectivity index (χ0n) is 9.91. The molecule has 7 heteroatoms. The molecule has 4 N–H and O–H groups in total. The molecule has 2 aromatic rings. The first kappa shape index (κ1) is 12.6. The Kier molecular flexibility index (Phi) is 3.77. The van der Waals surface area contributed by atoms with E-state index in [1.807, 2.05) is 0 Å². The Hall–Kier alpha value is -2.83. The van der Waals surface area contributed by atoms with E-state index in [9.17, 15) is 4.79 Å². The van der Waals surface area contributed by atoms with Gasteiger partial charge in [0.1, 0.15) is 12.0 Å². The van der Waals surface area contributed by atoms with Crippen molar-refractivity contribution in [1.82, 2.24) is 10.5 Å². The van der Waals surface area contributed by atoms with E-state index in [-0.39, 0.29) is 18.3 Å². The number of hydrogen-bond acceptors (Lipinski definition) is 5. The SMILES string of the molecule is N/C(=N/O)c1ccc(C(=O)NCc2ccon2)cc1. The fourth-order valence-electron chi connectivity index (χ4n) is 1.45. The number of nitrogens with zero attached hydrogens (tertiary/aromatic N) is 2. The van der Waals surface area contributed by atoms with Crippen LogP contribution in [0.3, 0.4) is 0 Å². The van der Waals surface area contributed by atoms with Gasteiger partial charge in [0.2, 0.25) is 0 Å². The normalized spacial score (nSPS) is 11.3. The van der Waals surface area contributed by atoms with Crippen LogP contribution in [0, 0.1) is 0 Å². The molecular weight excluding hydrogens is 248 g/mol. The topological polar surface area (TPSA) is 114 Å². The van der Waals surface area contributed by atoms with E-state index in [4.69, 9.17) is 10.9 Å². The lowest BCUT2D eigenvalue weighted by Crippen LogP contribution is -2.23. The number of oxime groups is 1. The molecule has 0 unspecified atom stereocenters. The minimum absolute atomic E-state index is 0.00504. The molecule has 1 aromatic heterocycles. The standard InChI is InChI=1S/C12H12N4O3/c13-11(15-18)8-1-3-9(4-2-8)12(17)14-7-10-5-6-19-16-10/h1-6,18H,7H2,(H2,13,15)(H,14,17). The Balaban J connectivity index is 1.99. The number of aromatic nitrogens is 1. The van der Waals surface area contributed by atoms with Gasteiger partial charge in [-0.2, -0.15) is 0 Å². The molecule has 0 bridgehead atoms. The molecule has 1 aromatic carbocycles. The van der Waals surface area contributed by atoms with Crippen molar-refractivity contribution in [1.29, 1.82) is 0 Å². The van der Waals surface area contributed by atoms with E-state index in [0.717, 1.165) is 0 Å². The molecule has 19 heavy (non-hydrogen) atoms. The second-order valence-electron chi connectivity index (χ2n) is 3.74. The number of carbonyl (C=O) groups excluding carboxylic acids is 1. The van der Waals surface area contributed by atoms with Crippen LogP contribution in [0.15, 0.2) is 46.3 Å². The summed E-state index contributed by atoms with van der Waals surface area (Å²) in [7, 11) is 0. The number of amides is 1. The summed E-state index contributed by atoms with van der Waals surface area (Å²) < 4.78 is 4.65. The smallest absolute Gasteiger partial charge is 0.251 e. The number of carbonyl (C=O) groups is 1. The minimum atomic E-state index is -0.242. The average molecular weight is 260 g/mol. The molecule has 0 spiro atoms. The van der Waals surface area contributed by atoms with Gasteiger partial charge in [-0.1, -0.05) is 22.4 Å². The second kappa shape index (κ2) is 5.67. The maximum Gasteiger partial charge on any atom is 0.251 e. The molecular formula is C12H12N4O3. The van der Waals surface area contributed by atoms with Crippen LogP contribution in [0.4, 0.5) is 0 Å². The summed E-state index contributed by atoms with van der Waals surface area (Å²) in [5, 5.41) is 17.8. The highest BCUT2D eigenvalue weighted by molar-refractivity contribution is 5.99. The van der Waals surface area contributed by atoms with Gasteiger partial charge in [0, 0.05) is 17.2 Å². The van der Waals surface area contributed by atoms with Crippen LogP contribution in [0.2, 0.25) is 0 Å². The number of rotatable bonds is 4. The lowest BCUT2D eigenvalue weighted by molar-refractivity contribution is 0.0950. The van der Waals surface area contributed by atoms with Crippen LogP contribution in [-0.4, -0.2) is 22.1 Å². The maximum absolute atomic E-state index is 11.8. The van der Waals surface area contributed by atoms with Crippen LogP contribution in [0.5, 0.6) is 0 Å². The van der Waals surface area contributed by atoms with Gasteiger partial charge in [-0.3, -0.25) is 4.79 Å². The van der Waals surface area contributed by atoms with Crippen LogP contribution < -0.4 is 11.1 Å². The van der Waals surface area contributed by atoms with Crippen molar-refractivity contribution < 1.29 is 14.5 Å². The Labute approximate surface area is 108 Å². The van der Waals surface area contributed by atoms with Gasteiger partial charge >= 0.3 is 0 Å². The molecule has 1 heterocycles. The zero-order chi connectivity index (χ0) is 13.7. The quantitative estimate of drug-likeness (QED) is 0.324. The van der Waals surface area contributed by atoms with E-state index >= 15 is 0 Å². The van der Waals surface area contributed by atoms with E-state index in [1.165, 1.54) is 6.26 Å². The molecule has 0 aliphatic heterocycles. The van der Waals surface area contributed by atoms with Crippen molar-refractivity contribution >= 4 is 11.7 Å². The van der Waals surface area contributed by atoms with Crippen molar-refractivity contribution in [2.75, 3.05) is 0 Å². The van der Waals surface area contributed by atoms with E-state index in [2.05, 4.69) is 20.2 Å². The Morgan fingerprint density at radius 3 is 2.58 bits per heavy atom. The van der Waals surface area contributed by atoms with Crippen molar-refractivity contribution in [3.63, 3.8) is 0 Å². The predicted molar refractivity (Wildman–Crippen MR) is 66.6 cm³/mol. The zero-order valence-corrected chi connectivity index (χ0v) is 9.91. The van der Waals surface area contributed by atoms with Crippen molar-refractivity contribution in [2.24, 2.45) is 10.9 Å². The number of nitrogens with one attached hydrogen (secondary N) is 1. The highest BCUT2D eigenvalue weighted by Crippen LogP contribution is 2.05. The summed E-state index contributed by atoms with van der Waals surface area (Å²) in [5.74, 6) is -0.247. The molecule has 0 radical (unpaired) electrons. The van der Waals surface area contributed by atoms with Crippen LogP contribution in [-0.2, 0) is 6.54 Å². The second-order valence-corrected chi connectivity index (χ2v) is 3.74. The number of amidine groups is 1. The van der Waals surface area contributed by atoms with Crippen LogP contribution in [0.25, 0.3) is 0 Å². The molecule has 0 atom stereocenters. The molecule has 0 saturated heterocycles. The summed E-state index contributed by atoms with van der Waals surface area (Å²) in [6, 6.07) is 8.04. The summed E-state index contributed by atoms with van der Waals surface area (Å²) in [6.07, 6.45) is 1.44. The Bertz CT molecular complexity index is 576. The lowest BCUT2D eigenvalue weighted by atomic mass is 10.1. The summed E-state index contributed by atoms with van der Waals surface area (Å²) in [6.45, 7) is 0.289. The van der Waals surface area contributed by atoms with Gasteiger partial charge in [-0.05, 0) is 12.1 Å². The van der Waals surface area contributed by atoms with E-state index in [0.29, 0.717) is 16.8 Å². The molecule has 0 saturated carbocycles. The molecule has 2 rings (SSSR count). The molecule has 98 valence electrons. The van der Waals surface area contributed by atoms with Crippen molar-refractivity contribution in [3.05, 3.63) is 53.4 Å². The largest absolute Gasteiger partial charge is 0.409 e. The fourth-order valence-corrected chi connectivity index (χ4v) is 1.45. The molecule has 0 fully saturated rings. The third kappa shape index (κ3) is 3.09. The summed E-state index contributed by atoms with van der Waals surface area (Å²) in [4.78, 5) is 11.8. The minimum Gasteiger partial charge on any atom is -0.409 e. The van der Waals surface area contributed by atoms with Crippen LogP contribution >= 0.6 is 0 Å². The van der Waals surface area contributed by atoms with Crippen molar-refractivity contribution in [2.45, 2.75) is 6.54 Å². The third-order valence-electron chi connectivity index (χ3n) is 2.47. The molecule has 0 aliphatic carbocycles. The summed E-state index contributed by atoms with van der Waals surface area (Å²) >= 11 is 0. The van der Waals surface area contributed by atoms with Gasteiger partial charge in [0.25, 0.3) is 5.91 Å². The van der Waals surface area contributed by atoms with Gasteiger partial charge in [0.05, 0.1) is 6.54 Å². The van der Waals surface area contributed by atoms with E-state index < -0.39 is 0 Å². The summed E-state index contributed by atoms with van der Waals surface area (Å²) in [5.41, 5.74) is 7.07. The first-order valence-electron chi connectivity index (χ1n) is 5.46. The predicted octanol–water partition coefficient (Wildman–Crippen LogP) is 0.699. The highest BCUT2D eigenvalue weighted by Gasteiger charge is 2.07. The van der Waals surface area contributed by atoms with Gasteiger partial charge < -0.3 is 20.8 Å². The first-order valence-corrected chi connectivity index (χ1v) is 5.46. The van der Waals surface area contributed by atoms with Gasteiger partial charge in [-0.15, -0.1) is 0 Å². The molecule has 1 amide bonds. The maximum atomic E-state index is 11.8. The molecule has 0 aliphatic rings. The lowest BCUT2D eigenvalue weighted by Gasteiger charge is -2.04. The Morgan fingerprint density at radius 2 is 2.00 bits per heavy atom. The van der Waals surface area contributed by atoms with Gasteiger partial charge in [-0.25, -0.2) is 0 Å². The monoisotopic (exact) mass is 260 g/mol. The van der Waals surface area contributed by atoms with E-state index in [1.54, 1.807) is 30.3 Å². The average Bonchev–Trinajstić information content (AvgIpc) is 2.97. The van der Waals surface area contributed by atoms with Crippen LogP contribution in [0.1, 0.15) is 21.6 Å². The molecule has 7 nitrogen and oxygen atoms in total. The third-order valence-corrected chi connectivity index (χ3v) is 2.47. The van der Waals surface area contributed by atoms with Crippen molar-refractivity contribution in [3.8, 4) is 0 Å². The van der Waals surface area contributed by atoms with Gasteiger partial charge in [0.15, 0.2) is 5.84 Å². The highest BCUT2D eigenvalue weighted by atomic mass is 16.5. The first-order chi connectivity index (χ1) is 9.20. The number of benzene rings is 1.